The van der Waals surface area contributed by atoms with Crippen LogP contribution in [0.1, 0.15) is 44.1 Å². The monoisotopic (exact) mass is 462 g/mol. The van der Waals surface area contributed by atoms with Crippen LogP contribution in [-0.2, 0) is 11.0 Å². The predicted octanol–water partition coefficient (Wildman–Crippen LogP) is 3.64. The van der Waals surface area contributed by atoms with Crippen LogP contribution in [0.2, 0.25) is 0 Å². The van der Waals surface area contributed by atoms with Crippen molar-refractivity contribution in [3.8, 4) is 5.75 Å². The Morgan fingerprint density at radius 3 is 2.48 bits per heavy atom. The molecular formula is C22H25F3N6O2. The normalized spacial score (nSPS) is 16.1. The first-order chi connectivity index (χ1) is 15.8. The van der Waals surface area contributed by atoms with E-state index in [1.807, 2.05) is 43.0 Å². The molecule has 176 valence electrons. The van der Waals surface area contributed by atoms with E-state index in [0.717, 1.165) is 11.3 Å². The Morgan fingerprint density at radius 2 is 1.85 bits per heavy atom. The highest BCUT2D eigenvalue weighted by atomic mass is 19.4. The number of nitrogens with zero attached hydrogens (tertiary/aromatic N) is 5. The van der Waals surface area contributed by atoms with Gasteiger partial charge < -0.3 is 15.0 Å². The minimum atomic E-state index is -4.64. The lowest BCUT2D eigenvalue weighted by molar-refractivity contribution is -0.146. The van der Waals surface area contributed by atoms with Gasteiger partial charge in [0.2, 0.25) is 5.91 Å². The average molecular weight is 462 g/mol. The van der Waals surface area contributed by atoms with Crippen molar-refractivity contribution in [2.45, 2.75) is 38.9 Å². The number of aromatic nitrogens is 4. The number of carbonyl (C=O) groups is 1. The standard InChI is InChI=1S/C22H25F3N6O2/c1-3-33-17-6-4-15(5-7-17)14(2)26-20(32)16-10-12-30(13-11-16)19-9-8-18-27-28-21(22(23,24)25)31(18)29-19/h4-9,14,16H,3,10-13H2,1-2H3,(H,26,32). The molecule has 1 fully saturated rings. The number of rotatable bonds is 6. The zero-order valence-electron chi connectivity index (χ0n) is 18.3. The molecule has 4 rings (SSSR count). The van der Waals surface area contributed by atoms with Crippen LogP contribution in [-0.4, -0.2) is 45.4 Å². The number of piperidine rings is 1. The van der Waals surface area contributed by atoms with Gasteiger partial charge in [-0.25, -0.2) is 0 Å². The van der Waals surface area contributed by atoms with Gasteiger partial charge in [-0.1, -0.05) is 12.1 Å². The number of benzene rings is 1. The fourth-order valence-electron chi connectivity index (χ4n) is 3.93. The molecule has 2 aromatic heterocycles. The third-order valence-electron chi connectivity index (χ3n) is 5.74. The van der Waals surface area contributed by atoms with Crippen molar-refractivity contribution in [3.63, 3.8) is 0 Å². The summed E-state index contributed by atoms with van der Waals surface area (Å²) in [6, 6.07) is 10.6. The Kier molecular flexibility index (Phi) is 6.39. The van der Waals surface area contributed by atoms with Gasteiger partial charge >= 0.3 is 6.18 Å². The molecular weight excluding hydrogens is 437 g/mol. The predicted molar refractivity (Wildman–Crippen MR) is 115 cm³/mol. The molecule has 1 saturated heterocycles. The maximum absolute atomic E-state index is 13.1. The second kappa shape index (κ2) is 9.24. The van der Waals surface area contributed by atoms with E-state index in [9.17, 15) is 18.0 Å². The fraction of sp³-hybridized carbons (Fsp3) is 0.455. The summed E-state index contributed by atoms with van der Waals surface area (Å²) in [5.74, 6) is -0.174. The van der Waals surface area contributed by atoms with Crippen molar-refractivity contribution >= 4 is 17.4 Å². The van der Waals surface area contributed by atoms with Gasteiger partial charge in [-0.3, -0.25) is 4.79 Å². The number of nitrogens with one attached hydrogen (secondary N) is 1. The van der Waals surface area contributed by atoms with Crippen LogP contribution >= 0.6 is 0 Å². The van der Waals surface area contributed by atoms with Crippen molar-refractivity contribution in [2.75, 3.05) is 24.6 Å². The highest BCUT2D eigenvalue weighted by Crippen LogP contribution is 2.29. The molecule has 0 saturated carbocycles. The van der Waals surface area contributed by atoms with Gasteiger partial charge in [-0.05, 0) is 56.5 Å². The largest absolute Gasteiger partial charge is 0.494 e. The number of amides is 1. The van der Waals surface area contributed by atoms with Gasteiger partial charge in [0.15, 0.2) is 5.65 Å². The van der Waals surface area contributed by atoms with Crippen LogP contribution in [0.25, 0.3) is 5.65 Å². The number of hydrogen-bond acceptors (Lipinski definition) is 6. The Bertz CT molecular complexity index is 1110. The Labute approximate surface area is 188 Å². The second-order valence-corrected chi connectivity index (χ2v) is 7.98. The van der Waals surface area contributed by atoms with Gasteiger partial charge in [-0.15, -0.1) is 15.3 Å². The van der Waals surface area contributed by atoms with Gasteiger partial charge in [0, 0.05) is 19.0 Å². The molecule has 33 heavy (non-hydrogen) atoms. The number of fused-ring (bicyclic) bond motifs is 1. The SMILES string of the molecule is CCOc1ccc(C(C)NC(=O)C2CCN(c3ccc4nnc(C(F)(F)F)n4n3)CC2)cc1. The van der Waals surface area contributed by atoms with E-state index in [-0.39, 0.29) is 23.5 Å². The first-order valence-corrected chi connectivity index (χ1v) is 10.8. The molecule has 0 aliphatic carbocycles. The molecule has 11 heteroatoms. The van der Waals surface area contributed by atoms with Crippen LogP contribution < -0.4 is 15.0 Å². The van der Waals surface area contributed by atoms with E-state index in [0.29, 0.717) is 42.9 Å². The number of anilines is 1. The zero-order chi connectivity index (χ0) is 23.6. The van der Waals surface area contributed by atoms with Crippen molar-refractivity contribution in [2.24, 2.45) is 5.92 Å². The van der Waals surface area contributed by atoms with Crippen LogP contribution in [0.5, 0.6) is 5.75 Å². The van der Waals surface area contributed by atoms with E-state index in [4.69, 9.17) is 4.74 Å². The van der Waals surface area contributed by atoms with E-state index >= 15 is 0 Å². The van der Waals surface area contributed by atoms with Gasteiger partial charge in [-0.2, -0.15) is 17.7 Å². The average Bonchev–Trinajstić information content (AvgIpc) is 3.24. The fourth-order valence-corrected chi connectivity index (χ4v) is 3.93. The molecule has 1 unspecified atom stereocenters. The lowest BCUT2D eigenvalue weighted by Gasteiger charge is -2.32. The number of alkyl halides is 3. The van der Waals surface area contributed by atoms with E-state index in [2.05, 4.69) is 20.6 Å². The van der Waals surface area contributed by atoms with E-state index < -0.39 is 12.0 Å². The molecule has 3 heterocycles. The molecule has 0 spiro atoms. The number of carbonyl (C=O) groups excluding carboxylic acids is 1. The lowest BCUT2D eigenvalue weighted by Crippen LogP contribution is -2.41. The minimum Gasteiger partial charge on any atom is -0.494 e. The highest BCUT2D eigenvalue weighted by Gasteiger charge is 2.38. The Morgan fingerprint density at radius 1 is 1.15 bits per heavy atom. The lowest BCUT2D eigenvalue weighted by atomic mass is 9.95. The summed E-state index contributed by atoms with van der Waals surface area (Å²) in [6.07, 6.45) is -3.48. The third kappa shape index (κ3) is 5.01. The summed E-state index contributed by atoms with van der Waals surface area (Å²) >= 11 is 0. The summed E-state index contributed by atoms with van der Waals surface area (Å²) in [5, 5.41) is 13.9. The van der Waals surface area contributed by atoms with Gasteiger partial charge in [0.1, 0.15) is 11.6 Å². The molecule has 1 amide bonds. The summed E-state index contributed by atoms with van der Waals surface area (Å²) in [6.45, 7) is 5.47. The number of halogens is 3. The van der Waals surface area contributed by atoms with Gasteiger partial charge in [0.05, 0.1) is 12.6 Å². The first-order valence-electron chi connectivity index (χ1n) is 10.8. The van der Waals surface area contributed by atoms with Crippen molar-refractivity contribution in [1.29, 1.82) is 0 Å². The van der Waals surface area contributed by atoms with Crippen LogP contribution in [0.4, 0.5) is 19.0 Å². The first kappa shape index (κ1) is 22.8. The van der Waals surface area contributed by atoms with Crippen molar-refractivity contribution in [3.05, 3.63) is 47.8 Å². The van der Waals surface area contributed by atoms with Crippen LogP contribution in [0.15, 0.2) is 36.4 Å². The topological polar surface area (TPSA) is 84.6 Å². The summed E-state index contributed by atoms with van der Waals surface area (Å²) in [4.78, 5) is 14.6. The summed E-state index contributed by atoms with van der Waals surface area (Å²) in [5.41, 5.74) is 1.01. The molecule has 1 N–H and O–H groups in total. The maximum Gasteiger partial charge on any atom is 0.453 e. The molecule has 1 aliphatic rings. The molecule has 1 atom stereocenters. The third-order valence-corrected chi connectivity index (χ3v) is 5.74. The summed E-state index contributed by atoms with van der Waals surface area (Å²) < 4.78 is 45.5. The summed E-state index contributed by atoms with van der Waals surface area (Å²) in [7, 11) is 0. The molecule has 0 radical (unpaired) electrons. The Hall–Kier alpha value is -3.37. The highest BCUT2D eigenvalue weighted by molar-refractivity contribution is 5.79. The van der Waals surface area contributed by atoms with Crippen molar-refractivity contribution < 1.29 is 22.7 Å². The maximum atomic E-state index is 13.1. The molecule has 0 bridgehead atoms. The second-order valence-electron chi connectivity index (χ2n) is 7.98. The molecule has 1 aliphatic heterocycles. The molecule has 1 aromatic carbocycles. The number of hydrogen-bond donors (Lipinski definition) is 1. The van der Waals surface area contributed by atoms with Crippen molar-refractivity contribution in [1.82, 2.24) is 25.1 Å². The minimum absolute atomic E-state index is 0.0300. The van der Waals surface area contributed by atoms with E-state index in [1.165, 1.54) is 6.07 Å². The Balaban J connectivity index is 1.36. The zero-order valence-corrected chi connectivity index (χ0v) is 18.3. The molecule has 8 nitrogen and oxygen atoms in total. The quantitative estimate of drug-likeness (QED) is 0.602. The van der Waals surface area contributed by atoms with Crippen LogP contribution in [0, 0.1) is 5.92 Å². The van der Waals surface area contributed by atoms with Crippen LogP contribution in [0.3, 0.4) is 0 Å². The smallest absolute Gasteiger partial charge is 0.453 e. The van der Waals surface area contributed by atoms with Gasteiger partial charge in [0.25, 0.3) is 5.82 Å². The number of ether oxygens (including phenoxy) is 1. The van der Waals surface area contributed by atoms with E-state index in [1.54, 1.807) is 6.07 Å². The molecule has 3 aromatic rings.